The van der Waals surface area contributed by atoms with Crippen LogP contribution in [0, 0.1) is 5.92 Å². The Balaban J connectivity index is 2.77. The monoisotopic (exact) mass is 232 g/mol. The highest BCUT2D eigenvalue weighted by Crippen LogP contribution is 2.20. The second-order valence-corrected chi connectivity index (χ2v) is 4.54. The van der Waals surface area contributed by atoms with E-state index in [1.54, 1.807) is 12.3 Å². The summed E-state index contributed by atoms with van der Waals surface area (Å²) in [6, 6.07) is 1.78. The number of rotatable bonds is 3. The van der Waals surface area contributed by atoms with Gasteiger partial charge in [-0.3, -0.25) is 4.98 Å². The molecule has 0 saturated carbocycles. The molecule has 14 heavy (non-hydrogen) atoms. The summed E-state index contributed by atoms with van der Waals surface area (Å²) in [6.45, 7) is 4.16. The van der Waals surface area contributed by atoms with Crippen molar-refractivity contribution in [3.8, 4) is 0 Å². The first kappa shape index (κ1) is 11.8. The van der Waals surface area contributed by atoms with E-state index in [1.807, 2.05) is 0 Å². The molecule has 0 amide bonds. The predicted octanol–water partition coefficient (Wildman–Crippen LogP) is 2.91. The fraction of sp³-hybridized carbons (Fsp3) is 0.500. The molecule has 0 bridgehead atoms. The molecule has 78 valence electrons. The number of hydrogen-bond acceptors (Lipinski definition) is 2. The molecule has 4 heteroatoms. The zero-order valence-electron chi connectivity index (χ0n) is 8.30. The minimum Gasteiger partial charge on any atom is -0.327 e. The van der Waals surface area contributed by atoms with Crippen molar-refractivity contribution in [2.45, 2.75) is 26.3 Å². The first-order chi connectivity index (χ1) is 6.50. The molecule has 0 radical (unpaired) electrons. The summed E-state index contributed by atoms with van der Waals surface area (Å²) in [5.74, 6) is 0.420. The van der Waals surface area contributed by atoms with Gasteiger partial charge in [-0.1, -0.05) is 37.0 Å². The Bertz CT molecular complexity index is 313. The van der Waals surface area contributed by atoms with Gasteiger partial charge in [0.05, 0.1) is 15.7 Å². The van der Waals surface area contributed by atoms with Gasteiger partial charge in [0.15, 0.2) is 0 Å². The molecule has 0 spiro atoms. The van der Waals surface area contributed by atoms with Gasteiger partial charge in [0.25, 0.3) is 0 Å². The fourth-order valence-electron chi connectivity index (χ4n) is 1.05. The number of pyridine rings is 1. The molecule has 0 saturated heterocycles. The lowest BCUT2D eigenvalue weighted by Gasteiger charge is -2.15. The van der Waals surface area contributed by atoms with Gasteiger partial charge in [0, 0.05) is 18.7 Å². The maximum Gasteiger partial charge on any atom is 0.0636 e. The van der Waals surface area contributed by atoms with Crippen LogP contribution in [0.25, 0.3) is 0 Å². The summed E-state index contributed by atoms with van der Waals surface area (Å²) in [5, 5.41) is 1.14. The van der Waals surface area contributed by atoms with Gasteiger partial charge in [-0.15, -0.1) is 0 Å². The summed E-state index contributed by atoms with van der Waals surface area (Å²) in [7, 11) is 0. The zero-order chi connectivity index (χ0) is 10.7. The van der Waals surface area contributed by atoms with Crippen LogP contribution in [-0.2, 0) is 6.42 Å². The van der Waals surface area contributed by atoms with Crippen LogP contribution in [0.4, 0.5) is 0 Å². The topological polar surface area (TPSA) is 38.9 Å². The van der Waals surface area contributed by atoms with Gasteiger partial charge >= 0.3 is 0 Å². The number of nitrogens with zero attached hydrogens (tertiary/aromatic N) is 1. The van der Waals surface area contributed by atoms with Crippen LogP contribution >= 0.6 is 23.2 Å². The van der Waals surface area contributed by atoms with Gasteiger partial charge < -0.3 is 5.73 Å². The SMILES string of the molecule is CC(C)C(N)Cc1ncc(Cl)cc1Cl. The zero-order valence-corrected chi connectivity index (χ0v) is 9.81. The Hall–Kier alpha value is -0.310. The van der Waals surface area contributed by atoms with Crippen LogP contribution in [0.3, 0.4) is 0 Å². The molecule has 2 N–H and O–H groups in total. The quantitative estimate of drug-likeness (QED) is 0.871. The molecule has 1 unspecified atom stereocenters. The van der Waals surface area contributed by atoms with Crippen molar-refractivity contribution in [2.24, 2.45) is 11.7 Å². The van der Waals surface area contributed by atoms with E-state index in [4.69, 9.17) is 28.9 Å². The normalized spacial score (nSPS) is 13.3. The molecule has 1 heterocycles. The van der Waals surface area contributed by atoms with Crippen molar-refractivity contribution in [3.63, 3.8) is 0 Å². The van der Waals surface area contributed by atoms with Crippen molar-refractivity contribution in [1.29, 1.82) is 0 Å². The molecule has 1 atom stereocenters. The third-order valence-electron chi connectivity index (χ3n) is 2.17. The smallest absolute Gasteiger partial charge is 0.0636 e. The Morgan fingerprint density at radius 3 is 2.57 bits per heavy atom. The molecule has 0 aliphatic heterocycles. The van der Waals surface area contributed by atoms with Crippen LogP contribution in [0.5, 0.6) is 0 Å². The molecule has 1 rings (SSSR count). The molecular weight excluding hydrogens is 219 g/mol. The van der Waals surface area contributed by atoms with Crippen molar-refractivity contribution >= 4 is 23.2 Å². The van der Waals surface area contributed by atoms with E-state index in [2.05, 4.69) is 18.8 Å². The summed E-state index contributed by atoms with van der Waals surface area (Å²) in [5.41, 5.74) is 6.74. The lowest BCUT2D eigenvalue weighted by atomic mass is 10.0. The standard InChI is InChI=1S/C10H14Cl2N2/c1-6(2)9(13)4-10-8(12)3-7(11)5-14-10/h3,5-6,9H,4,13H2,1-2H3. The van der Waals surface area contributed by atoms with Crippen molar-refractivity contribution < 1.29 is 0 Å². The van der Waals surface area contributed by atoms with Crippen LogP contribution in [0.2, 0.25) is 10.0 Å². The summed E-state index contributed by atoms with van der Waals surface area (Å²) < 4.78 is 0. The molecular formula is C10H14Cl2N2. The molecule has 0 fully saturated rings. The van der Waals surface area contributed by atoms with Gasteiger partial charge in [-0.05, 0) is 12.0 Å². The van der Waals surface area contributed by atoms with Gasteiger partial charge in [0.2, 0.25) is 0 Å². The first-order valence-corrected chi connectivity index (χ1v) is 5.31. The maximum absolute atomic E-state index is 5.98. The summed E-state index contributed by atoms with van der Waals surface area (Å²) in [6.07, 6.45) is 2.28. The van der Waals surface area contributed by atoms with Crippen LogP contribution in [-0.4, -0.2) is 11.0 Å². The number of aromatic nitrogens is 1. The van der Waals surface area contributed by atoms with Crippen LogP contribution < -0.4 is 5.73 Å². The Morgan fingerprint density at radius 2 is 2.07 bits per heavy atom. The molecule has 1 aromatic heterocycles. The molecule has 0 aliphatic carbocycles. The lowest BCUT2D eigenvalue weighted by molar-refractivity contribution is 0.486. The molecule has 0 aliphatic rings. The number of hydrogen-bond donors (Lipinski definition) is 1. The van der Waals surface area contributed by atoms with Gasteiger partial charge in [0.1, 0.15) is 0 Å². The number of halogens is 2. The highest BCUT2D eigenvalue weighted by atomic mass is 35.5. The predicted molar refractivity (Wildman–Crippen MR) is 60.8 cm³/mol. The van der Waals surface area contributed by atoms with Gasteiger partial charge in [-0.25, -0.2) is 0 Å². The van der Waals surface area contributed by atoms with Crippen molar-refractivity contribution in [2.75, 3.05) is 0 Å². The maximum atomic E-state index is 5.98. The third kappa shape index (κ3) is 3.12. The average molecular weight is 233 g/mol. The molecule has 0 aromatic carbocycles. The fourth-order valence-corrected chi connectivity index (χ4v) is 1.51. The molecule has 2 nitrogen and oxygen atoms in total. The summed E-state index contributed by atoms with van der Waals surface area (Å²) >= 11 is 11.7. The largest absolute Gasteiger partial charge is 0.327 e. The number of nitrogens with two attached hydrogens (primary N) is 1. The Kier molecular flexibility index (Phi) is 4.17. The van der Waals surface area contributed by atoms with E-state index >= 15 is 0 Å². The van der Waals surface area contributed by atoms with E-state index in [-0.39, 0.29) is 6.04 Å². The van der Waals surface area contributed by atoms with E-state index in [1.165, 1.54) is 0 Å². The second kappa shape index (κ2) is 4.96. The van der Waals surface area contributed by atoms with E-state index in [0.29, 0.717) is 22.4 Å². The third-order valence-corrected chi connectivity index (χ3v) is 2.70. The minimum atomic E-state index is 0.0844. The summed E-state index contributed by atoms with van der Waals surface area (Å²) in [4.78, 5) is 4.16. The highest BCUT2D eigenvalue weighted by molar-refractivity contribution is 6.34. The second-order valence-electron chi connectivity index (χ2n) is 3.69. The lowest BCUT2D eigenvalue weighted by Crippen LogP contribution is -2.29. The molecule has 1 aromatic rings. The van der Waals surface area contributed by atoms with Crippen molar-refractivity contribution in [1.82, 2.24) is 4.98 Å². The van der Waals surface area contributed by atoms with Gasteiger partial charge in [-0.2, -0.15) is 0 Å². The minimum absolute atomic E-state index is 0.0844. The van der Waals surface area contributed by atoms with E-state index in [9.17, 15) is 0 Å². The van der Waals surface area contributed by atoms with E-state index < -0.39 is 0 Å². The Morgan fingerprint density at radius 1 is 1.43 bits per heavy atom. The van der Waals surface area contributed by atoms with Crippen LogP contribution in [0.1, 0.15) is 19.5 Å². The Labute approximate surface area is 94.4 Å². The van der Waals surface area contributed by atoms with Crippen molar-refractivity contribution in [3.05, 3.63) is 28.0 Å². The van der Waals surface area contributed by atoms with E-state index in [0.717, 1.165) is 5.69 Å². The highest BCUT2D eigenvalue weighted by Gasteiger charge is 2.11. The van der Waals surface area contributed by atoms with Crippen LogP contribution in [0.15, 0.2) is 12.3 Å². The average Bonchev–Trinajstić information content (AvgIpc) is 2.09. The first-order valence-electron chi connectivity index (χ1n) is 4.56.